The first kappa shape index (κ1) is 26.7. The Balaban J connectivity index is 1.48. The number of ether oxygens (including phenoxy) is 3. The average Bonchev–Trinajstić information content (AvgIpc) is 2.91. The minimum atomic E-state index is -0.529. The molecule has 0 amide bonds. The topological polar surface area (TPSA) is 155 Å². The lowest BCUT2D eigenvalue weighted by molar-refractivity contribution is -0.385. The molecule has 0 saturated carbocycles. The lowest BCUT2D eigenvalue weighted by Gasteiger charge is -2.13. The number of methoxy groups -OCH3 is 1. The molecule has 3 rings (SSSR count). The van der Waals surface area contributed by atoms with Gasteiger partial charge in [0.1, 0.15) is 18.1 Å². The fraction of sp³-hybridized carbons (Fsp3) is 0.240. The van der Waals surface area contributed by atoms with Crippen molar-refractivity contribution in [2.45, 2.75) is 6.42 Å². The molecule has 194 valence electrons. The molecular weight excluding hydrogens is 484 g/mol. The summed E-state index contributed by atoms with van der Waals surface area (Å²) in [5, 5.41) is 27.7. The van der Waals surface area contributed by atoms with Crippen molar-refractivity contribution < 1.29 is 28.9 Å². The molecule has 37 heavy (non-hydrogen) atoms. The van der Waals surface area contributed by atoms with Crippen molar-refractivity contribution in [2.24, 2.45) is 0 Å². The van der Waals surface area contributed by atoms with E-state index in [1.807, 2.05) is 0 Å². The highest BCUT2D eigenvalue weighted by atomic mass is 16.6. The van der Waals surface area contributed by atoms with E-state index >= 15 is 0 Å². The smallest absolute Gasteiger partial charge is 0.338 e. The Hall–Kier alpha value is -4.87. The van der Waals surface area contributed by atoms with E-state index in [2.05, 4.69) is 10.6 Å². The zero-order chi connectivity index (χ0) is 26.6. The van der Waals surface area contributed by atoms with Crippen molar-refractivity contribution in [3.63, 3.8) is 0 Å². The molecule has 12 nitrogen and oxygen atoms in total. The lowest BCUT2D eigenvalue weighted by atomic mass is 10.2. The number of esters is 1. The highest BCUT2D eigenvalue weighted by Crippen LogP contribution is 2.24. The molecule has 0 aliphatic carbocycles. The molecule has 3 aromatic carbocycles. The summed E-state index contributed by atoms with van der Waals surface area (Å²) in [4.78, 5) is 32.6. The van der Waals surface area contributed by atoms with E-state index in [0.717, 1.165) is 5.69 Å². The van der Waals surface area contributed by atoms with Gasteiger partial charge in [0, 0.05) is 54.8 Å². The van der Waals surface area contributed by atoms with Crippen molar-refractivity contribution in [3.05, 3.63) is 92.5 Å². The van der Waals surface area contributed by atoms with E-state index < -0.39 is 15.8 Å². The van der Waals surface area contributed by atoms with Gasteiger partial charge < -0.3 is 24.8 Å². The van der Waals surface area contributed by atoms with Crippen molar-refractivity contribution in [1.82, 2.24) is 0 Å². The second kappa shape index (κ2) is 13.3. The fourth-order valence-corrected chi connectivity index (χ4v) is 3.24. The third kappa shape index (κ3) is 8.38. The molecule has 0 aliphatic heterocycles. The van der Waals surface area contributed by atoms with Crippen LogP contribution in [0.2, 0.25) is 0 Å². The van der Waals surface area contributed by atoms with Gasteiger partial charge in [0.15, 0.2) is 0 Å². The van der Waals surface area contributed by atoms with Crippen molar-refractivity contribution in [2.75, 3.05) is 44.0 Å². The van der Waals surface area contributed by atoms with Crippen LogP contribution in [0, 0.1) is 20.2 Å². The Morgan fingerprint density at radius 1 is 0.757 bits per heavy atom. The molecule has 12 heteroatoms. The van der Waals surface area contributed by atoms with Gasteiger partial charge in [0.05, 0.1) is 29.1 Å². The maximum absolute atomic E-state index is 12.1. The largest absolute Gasteiger partial charge is 0.493 e. The molecule has 0 radical (unpaired) electrons. The second-order valence-corrected chi connectivity index (χ2v) is 7.70. The molecule has 0 aromatic heterocycles. The van der Waals surface area contributed by atoms with Crippen LogP contribution in [-0.2, 0) is 4.74 Å². The second-order valence-electron chi connectivity index (χ2n) is 7.70. The molecule has 0 bridgehead atoms. The summed E-state index contributed by atoms with van der Waals surface area (Å²) in [6, 6.07) is 17.0. The molecule has 0 saturated heterocycles. The van der Waals surface area contributed by atoms with Crippen LogP contribution in [0.25, 0.3) is 0 Å². The van der Waals surface area contributed by atoms with E-state index in [9.17, 15) is 25.0 Å². The molecule has 2 N–H and O–H groups in total. The first-order valence-corrected chi connectivity index (χ1v) is 11.3. The number of nitrogens with one attached hydrogen (secondary N) is 2. The summed E-state index contributed by atoms with van der Waals surface area (Å²) in [6.07, 6.45) is 0.634. The van der Waals surface area contributed by atoms with Gasteiger partial charge in [-0.05, 0) is 42.8 Å². The normalized spacial score (nSPS) is 10.3. The maximum Gasteiger partial charge on any atom is 0.338 e. The summed E-state index contributed by atoms with van der Waals surface area (Å²) in [5.74, 6) is 0.336. The number of hydrogen-bond donors (Lipinski definition) is 2. The van der Waals surface area contributed by atoms with E-state index in [4.69, 9.17) is 14.2 Å². The lowest BCUT2D eigenvalue weighted by Crippen LogP contribution is -2.12. The molecule has 0 heterocycles. The highest BCUT2D eigenvalue weighted by molar-refractivity contribution is 5.90. The van der Waals surface area contributed by atoms with Crippen LogP contribution >= 0.6 is 0 Å². The van der Waals surface area contributed by atoms with Crippen LogP contribution < -0.4 is 20.1 Å². The monoisotopic (exact) mass is 510 g/mol. The number of nitro benzene ring substituents is 2. The molecular formula is C25H26N4O8. The molecule has 0 atom stereocenters. The summed E-state index contributed by atoms with van der Waals surface area (Å²) in [7, 11) is 1.29. The van der Waals surface area contributed by atoms with Gasteiger partial charge in [-0.3, -0.25) is 20.2 Å². The van der Waals surface area contributed by atoms with Gasteiger partial charge in [-0.2, -0.15) is 0 Å². The fourth-order valence-electron chi connectivity index (χ4n) is 3.24. The van der Waals surface area contributed by atoms with Crippen LogP contribution in [0.15, 0.2) is 66.7 Å². The SMILES string of the molecule is COC(=O)c1cc(OCCCNc2ccc([N+](=O)[O-])cc2)cc(OCCNc2ccc([N+](=O)[O-])cc2)c1. The Morgan fingerprint density at radius 2 is 1.24 bits per heavy atom. The number of nitro groups is 2. The van der Waals surface area contributed by atoms with Gasteiger partial charge in [-0.15, -0.1) is 0 Å². The Kier molecular flexibility index (Phi) is 9.59. The molecule has 0 aliphatic rings. The minimum Gasteiger partial charge on any atom is -0.493 e. The zero-order valence-electron chi connectivity index (χ0n) is 20.0. The van der Waals surface area contributed by atoms with Crippen LogP contribution in [-0.4, -0.2) is 49.2 Å². The van der Waals surface area contributed by atoms with Crippen LogP contribution in [0.5, 0.6) is 11.5 Å². The molecule has 0 fully saturated rings. The number of carbonyl (C=O) groups excluding carboxylic acids is 1. The highest BCUT2D eigenvalue weighted by Gasteiger charge is 2.11. The maximum atomic E-state index is 12.1. The Bertz CT molecular complexity index is 1220. The number of rotatable bonds is 14. The van der Waals surface area contributed by atoms with Crippen LogP contribution in [0.1, 0.15) is 16.8 Å². The van der Waals surface area contributed by atoms with E-state index in [1.165, 1.54) is 31.4 Å². The quantitative estimate of drug-likeness (QED) is 0.135. The van der Waals surface area contributed by atoms with Crippen molar-refractivity contribution >= 4 is 28.7 Å². The zero-order valence-corrected chi connectivity index (χ0v) is 20.0. The summed E-state index contributed by atoms with van der Waals surface area (Å²) < 4.78 is 16.4. The third-order valence-electron chi connectivity index (χ3n) is 5.08. The number of nitrogens with zero attached hydrogens (tertiary/aromatic N) is 2. The number of non-ortho nitro benzene ring substituents is 2. The first-order valence-electron chi connectivity index (χ1n) is 11.3. The molecule has 0 spiro atoms. The molecule has 0 unspecified atom stereocenters. The predicted octanol–water partition coefficient (Wildman–Crippen LogP) is 4.66. The van der Waals surface area contributed by atoms with Crippen LogP contribution in [0.3, 0.4) is 0 Å². The van der Waals surface area contributed by atoms with E-state index in [1.54, 1.807) is 42.5 Å². The van der Waals surface area contributed by atoms with Crippen LogP contribution in [0.4, 0.5) is 22.7 Å². The van der Waals surface area contributed by atoms with Gasteiger partial charge in [-0.1, -0.05) is 0 Å². The number of benzene rings is 3. The summed E-state index contributed by atoms with van der Waals surface area (Å²) >= 11 is 0. The average molecular weight is 511 g/mol. The minimum absolute atomic E-state index is 0.0103. The van der Waals surface area contributed by atoms with E-state index in [0.29, 0.717) is 43.3 Å². The van der Waals surface area contributed by atoms with Crippen molar-refractivity contribution in [1.29, 1.82) is 0 Å². The number of anilines is 2. The van der Waals surface area contributed by atoms with Gasteiger partial charge >= 0.3 is 5.97 Å². The third-order valence-corrected chi connectivity index (χ3v) is 5.08. The van der Waals surface area contributed by atoms with Gasteiger partial charge in [0.2, 0.25) is 0 Å². The number of hydrogen-bond acceptors (Lipinski definition) is 10. The predicted molar refractivity (Wildman–Crippen MR) is 137 cm³/mol. The van der Waals surface area contributed by atoms with E-state index in [-0.39, 0.29) is 23.5 Å². The summed E-state index contributed by atoms with van der Waals surface area (Å²) in [6.45, 7) is 1.61. The van der Waals surface area contributed by atoms with Gasteiger partial charge in [0.25, 0.3) is 11.4 Å². The first-order chi connectivity index (χ1) is 17.9. The number of carbonyl (C=O) groups is 1. The molecule has 3 aromatic rings. The standard InChI is InChI=1S/C25H26N4O8/c1-35-25(30)18-15-23(36-13-2-11-26-19-3-7-21(8-4-19)28(31)32)17-24(16-18)37-14-12-27-20-5-9-22(10-6-20)29(33)34/h3-10,15-17,26-27H,2,11-14H2,1H3. The van der Waals surface area contributed by atoms with Crippen molar-refractivity contribution in [3.8, 4) is 11.5 Å². The van der Waals surface area contributed by atoms with Gasteiger partial charge in [-0.25, -0.2) is 4.79 Å². The summed E-state index contributed by atoms with van der Waals surface area (Å²) in [5.41, 5.74) is 1.79. The Labute approximate surface area is 212 Å². The Morgan fingerprint density at radius 3 is 1.73 bits per heavy atom.